The lowest BCUT2D eigenvalue weighted by Gasteiger charge is -2.41. The van der Waals surface area contributed by atoms with Crippen molar-refractivity contribution in [3.63, 3.8) is 0 Å². The second-order valence-electron chi connectivity index (χ2n) is 5.77. The zero-order valence-corrected chi connectivity index (χ0v) is 12.0. The molecular weight excluding hydrogens is 313 g/mol. The summed E-state index contributed by atoms with van der Waals surface area (Å²) in [6.45, 7) is 1.29. The molecule has 2 heterocycles. The number of aromatic nitrogens is 2. The minimum Gasteiger partial charge on any atom is -0.396 e. The zero-order valence-electron chi connectivity index (χ0n) is 12.0. The number of halogens is 3. The molecule has 2 aromatic rings. The summed E-state index contributed by atoms with van der Waals surface area (Å²) in [5.41, 5.74) is -0.994. The largest absolute Gasteiger partial charge is 0.416 e. The van der Waals surface area contributed by atoms with Crippen LogP contribution in [0.25, 0.3) is 10.9 Å². The van der Waals surface area contributed by atoms with E-state index in [4.69, 9.17) is 0 Å². The molecule has 0 aliphatic carbocycles. The van der Waals surface area contributed by atoms with Gasteiger partial charge in [-0.15, -0.1) is 0 Å². The maximum absolute atomic E-state index is 12.8. The first-order chi connectivity index (χ1) is 10.8. The Bertz CT molecular complexity index is 732. The number of aliphatic hydroxyl groups excluding tert-OH is 1. The maximum atomic E-state index is 12.8. The van der Waals surface area contributed by atoms with E-state index >= 15 is 0 Å². The Kier molecular flexibility index (Phi) is 3.77. The molecule has 4 N–H and O–H groups in total. The van der Waals surface area contributed by atoms with E-state index in [-0.39, 0.29) is 24.2 Å². The molecule has 1 aromatic heterocycles. The third kappa shape index (κ3) is 2.89. The van der Waals surface area contributed by atoms with Crippen molar-refractivity contribution in [2.24, 2.45) is 5.41 Å². The predicted octanol–water partition coefficient (Wildman–Crippen LogP) is 0.893. The molecule has 1 amide bonds. The molecule has 3 rings (SSSR count). The van der Waals surface area contributed by atoms with Crippen LogP contribution in [0.15, 0.2) is 18.2 Å². The van der Waals surface area contributed by atoms with Crippen LogP contribution >= 0.6 is 0 Å². The van der Waals surface area contributed by atoms with E-state index in [1.807, 2.05) is 0 Å². The quantitative estimate of drug-likeness (QED) is 0.671. The molecular formula is C14H15F3N4O2. The van der Waals surface area contributed by atoms with Gasteiger partial charge in [-0.25, -0.2) is 0 Å². The maximum Gasteiger partial charge on any atom is 0.416 e. The number of hydrogen-bond acceptors (Lipinski definition) is 4. The normalized spacial score (nSPS) is 17.0. The van der Waals surface area contributed by atoms with Crippen molar-refractivity contribution in [1.29, 1.82) is 0 Å². The number of aliphatic hydroxyl groups is 1. The highest BCUT2D eigenvalue weighted by molar-refractivity contribution is 6.04. The van der Waals surface area contributed by atoms with E-state index in [1.165, 1.54) is 6.07 Å². The number of aromatic amines is 1. The molecule has 23 heavy (non-hydrogen) atoms. The van der Waals surface area contributed by atoms with Crippen molar-refractivity contribution in [2.45, 2.75) is 6.18 Å². The van der Waals surface area contributed by atoms with Crippen LogP contribution < -0.4 is 10.6 Å². The lowest BCUT2D eigenvalue weighted by molar-refractivity contribution is -0.137. The molecule has 0 atom stereocenters. The van der Waals surface area contributed by atoms with Gasteiger partial charge >= 0.3 is 6.18 Å². The van der Waals surface area contributed by atoms with Gasteiger partial charge in [-0.2, -0.15) is 18.3 Å². The third-order valence-electron chi connectivity index (χ3n) is 4.06. The number of nitrogens with one attached hydrogen (secondary N) is 3. The van der Waals surface area contributed by atoms with Gasteiger partial charge in [-0.3, -0.25) is 9.89 Å². The van der Waals surface area contributed by atoms with Crippen molar-refractivity contribution in [1.82, 2.24) is 20.8 Å². The van der Waals surface area contributed by atoms with E-state index in [0.29, 0.717) is 18.6 Å². The molecule has 1 aliphatic heterocycles. The molecule has 0 radical (unpaired) electrons. The van der Waals surface area contributed by atoms with Gasteiger partial charge in [-0.1, -0.05) is 0 Å². The number of benzene rings is 1. The van der Waals surface area contributed by atoms with Crippen LogP contribution in [-0.2, 0) is 6.18 Å². The highest BCUT2D eigenvalue weighted by Crippen LogP contribution is 2.31. The standard InChI is InChI=1S/C14H15F3N4O2/c15-14(16,17)8-1-2-10-9(3-8)11(21-20-10)12(23)19-6-13(7-22)4-18-5-13/h1-3,18,22H,4-7H2,(H,19,23)(H,20,21). The van der Waals surface area contributed by atoms with Crippen LogP contribution in [0.4, 0.5) is 13.2 Å². The fraction of sp³-hybridized carbons (Fsp3) is 0.429. The topological polar surface area (TPSA) is 90.0 Å². The fourth-order valence-electron chi connectivity index (χ4n) is 2.49. The first-order valence-corrected chi connectivity index (χ1v) is 7.00. The van der Waals surface area contributed by atoms with Gasteiger partial charge in [0.15, 0.2) is 5.69 Å². The van der Waals surface area contributed by atoms with Crippen molar-refractivity contribution in [2.75, 3.05) is 26.2 Å². The van der Waals surface area contributed by atoms with Crippen molar-refractivity contribution in [3.05, 3.63) is 29.5 Å². The number of fused-ring (bicyclic) bond motifs is 1. The number of nitrogens with zero attached hydrogens (tertiary/aromatic N) is 1. The molecule has 1 aromatic carbocycles. The molecule has 124 valence electrons. The molecule has 0 unspecified atom stereocenters. The molecule has 1 fully saturated rings. The highest BCUT2D eigenvalue weighted by Gasteiger charge is 2.37. The van der Waals surface area contributed by atoms with Crippen LogP contribution in [0.2, 0.25) is 0 Å². The Labute approximate surface area is 129 Å². The smallest absolute Gasteiger partial charge is 0.396 e. The monoisotopic (exact) mass is 328 g/mol. The summed E-state index contributed by atoms with van der Waals surface area (Å²) in [6.07, 6.45) is -4.49. The van der Waals surface area contributed by atoms with Gasteiger partial charge in [0, 0.05) is 30.4 Å². The average molecular weight is 328 g/mol. The summed E-state index contributed by atoms with van der Waals surface area (Å²) < 4.78 is 38.4. The van der Waals surface area contributed by atoms with Crippen LogP contribution in [0.1, 0.15) is 16.1 Å². The van der Waals surface area contributed by atoms with Gasteiger partial charge in [0.25, 0.3) is 5.91 Å². The first kappa shape index (κ1) is 15.8. The molecule has 0 bridgehead atoms. The number of rotatable bonds is 4. The minimum atomic E-state index is -4.49. The van der Waals surface area contributed by atoms with Crippen LogP contribution in [0.5, 0.6) is 0 Å². The number of carbonyl (C=O) groups excluding carboxylic acids is 1. The molecule has 0 saturated carbocycles. The second-order valence-corrected chi connectivity index (χ2v) is 5.77. The van der Waals surface area contributed by atoms with E-state index in [0.717, 1.165) is 12.1 Å². The predicted molar refractivity (Wildman–Crippen MR) is 75.8 cm³/mol. The average Bonchev–Trinajstić information content (AvgIpc) is 2.88. The minimum absolute atomic E-state index is 0.0835. The Hall–Kier alpha value is -2.13. The SMILES string of the molecule is O=C(NCC1(CO)CNC1)c1n[nH]c2ccc(C(F)(F)F)cc12. The van der Waals surface area contributed by atoms with Crippen molar-refractivity contribution in [3.8, 4) is 0 Å². The molecule has 0 spiro atoms. The summed E-state index contributed by atoms with van der Waals surface area (Å²) in [6, 6.07) is 3.08. The summed E-state index contributed by atoms with van der Waals surface area (Å²) >= 11 is 0. The Morgan fingerprint density at radius 2 is 2.13 bits per heavy atom. The molecule has 6 nitrogen and oxygen atoms in total. The van der Waals surface area contributed by atoms with E-state index < -0.39 is 23.1 Å². The Morgan fingerprint density at radius 3 is 2.70 bits per heavy atom. The number of H-pyrrole nitrogens is 1. The second kappa shape index (κ2) is 5.50. The summed E-state index contributed by atoms with van der Waals surface area (Å²) in [7, 11) is 0. The van der Waals surface area contributed by atoms with Gasteiger partial charge in [0.1, 0.15) is 0 Å². The van der Waals surface area contributed by atoms with Gasteiger partial charge in [-0.05, 0) is 18.2 Å². The number of amides is 1. The molecule has 9 heteroatoms. The lowest BCUT2D eigenvalue weighted by atomic mass is 9.82. The number of hydrogen-bond donors (Lipinski definition) is 4. The van der Waals surface area contributed by atoms with Crippen LogP contribution in [0.3, 0.4) is 0 Å². The van der Waals surface area contributed by atoms with E-state index in [2.05, 4.69) is 20.8 Å². The summed E-state index contributed by atoms with van der Waals surface area (Å²) in [4.78, 5) is 12.2. The third-order valence-corrected chi connectivity index (χ3v) is 4.06. The van der Waals surface area contributed by atoms with Crippen molar-refractivity contribution < 1.29 is 23.1 Å². The summed E-state index contributed by atoms with van der Waals surface area (Å²) in [5.74, 6) is -0.574. The first-order valence-electron chi connectivity index (χ1n) is 7.00. The van der Waals surface area contributed by atoms with Crippen molar-refractivity contribution >= 4 is 16.8 Å². The van der Waals surface area contributed by atoms with E-state index in [9.17, 15) is 23.1 Å². The van der Waals surface area contributed by atoms with Gasteiger partial charge in [0.2, 0.25) is 0 Å². The van der Waals surface area contributed by atoms with E-state index in [1.54, 1.807) is 0 Å². The lowest BCUT2D eigenvalue weighted by Crippen LogP contribution is -2.60. The Balaban J connectivity index is 1.83. The van der Waals surface area contributed by atoms with Crippen LogP contribution in [0, 0.1) is 5.41 Å². The number of alkyl halides is 3. The summed E-state index contributed by atoms with van der Waals surface area (Å²) in [5, 5.41) is 21.4. The Morgan fingerprint density at radius 1 is 1.39 bits per heavy atom. The fourth-order valence-corrected chi connectivity index (χ4v) is 2.49. The zero-order chi connectivity index (χ0) is 16.7. The number of carbonyl (C=O) groups is 1. The van der Waals surface area contributed by atoms with Gasteiger partial charge in [0.05, 0.1) is 17.7 Å². The highest BCUT2D eigenvalue weighted by atomic mass is 19.4. The molecule has 1 aliphatic rings. The van der Waals surface area contributed by atoms with Crippen LogP contribution in [-0.4, -0.2) is 47.5 Å². The van der Waals surface area contributed by atoms with Gasteiger partial charge < -0.3 is 15.7 Å². The molecule has 1 saturated heterocycles.